The van der Waals surface area contributed by atoms with Gasteiger partial charge in [0.1, 0.15) is 18.2 Å². The molecule has 0 spiro atoms. The maximum atomic E-state index is 12.8. The molecule has 1 aliphatic heterocycles. The summed E-state index contributed by atoms with van der Waals surface area (Å²) < 4.78 is 5.19. The SMILES string of the molecule is CC(C)C[C@H](NC(=O)OC[C@@](C)(O)c1cccc(Cl)c1)C(=O)N[C@H](CO)C[C@@H]1CCNC1=O. The predicted molar refractivity (Wildman–Crippen MR) is 123 cm³/mol. The van der Waals surface area contributed by atoms with Crippen molar-refractivity contribution in [2.24, 2.45) is 11.8 Å². The van der Waals surface area contributed by atoms with Crippen LogP contribution in [-0.4, -0.2) is 60.0 Å². The molecule has 1 fully saturated rings. The summed E-state index contributed by atoms with van der Waals surface area (Å²) in [7, 11) is 0. The number of nitrogens with one attached hydrogen (secondary N) is 3. The van der Waals surface area contributed by atoms with Crippen LogP contribution in [0.5, 0.6) is 0 Å². The van der Waals surface area contributed by atoms with Crippen molar-refractivity contribution < 1.29 is 29.3 Å². The van der Waals surface area contributed by atoms with Crippen LogP contribution < -0.4 is 16.0 Å². The molecule has 2 rings (SSSR count). The molecule has 10 heteroatoms. The molecule has 3 amide bonds. The number of halogens is 1. The monoisotopic (exact) mass is 483 g/mol. The number of hydrogen-bond acceptors (Lipinski definition) is 6. The summed E-state index contributed by atoms with van der Waals surface area (Å²) in [4.78, 5) is 37.1. The van der Waals surface area contributed by atoms with Gasteiger partial charge in [-0.05, 0) is 49.8 Å². The third-order valence-corrected chi connectivity index (χ3v) is 5.78. The first-order valence-corrected chi connectivity index (χ1v) is 11.5. The van der Waals surface area contributed by atoms with Crippen molar-refractivity contribution in [2.45, 2.75) is 57.7 Å². The van der Waals surface area contributed by atoms with Crippen LogP contribution in [0, 0.1) is 11.8 Å². The molecule has 0 aromatic heterocycles. The summed E-state index contributed by atoms with van der Waals surface area (Å²) in [6.07, 6.45) is 0.453. The quantitative estimate of drug-likeness (QED) is 0.325. The largest absolute Gasteiger partial charge is 0.446 e. The second-order valence-electron chi connectivity index (χ2n) is 9.09. The number of hydrogen-bond donors (Lipinski definition) is 5. The first-order chi connectivity index (χ1) is 15.5. The van der Waals surface area contributed by atoms with Crippen molar-refractivity contribution in [3.63, 3.8) is 0 Å². The van der Waals surface area contributed by atoms with Crippen LogP contribution >= 0.6 is 11.6 Å². The minimum Gasteiger partial charge on any atom is -0.446 e. The highest BCUT2D eigenvalue weighted by atomic mass is 35.5. The number of carbonyl (C=O) groups excluding carboxylic acids is 3. The summed E-state index contributed by atoms with van der Waals surface area (Å²) in [5, 5.41) is 28.8. The van der Waals surface area contributed by atoms with Gasteiger partial charge in [-0.3, -0.25) is 9.59 Å². The topological polar surface area (TPSA) is 137 Å². The maximum absolute atomic E-state index is 12.8. The first kappa shape index (κ1) is 26.9. The van der Waals surface area contributed by atoms with Crippen LogP contribution in [0.2, 0.25) is 5.02 Å². The van der Waals surface area contributed by atoms with Gasteiger partial charge in [-0.1, -0.05) is 37.6 Å². The molecular weight excluding hydrogens is 450 g/mol. The van der Waals surface area contributed by atoms with E-state index in [2.05, 4.69) is 16.0 Å². The standard InChI is InChI=1S/C23H34ClN3O6/c1-14(2)9-19(21(30)26-18(12-28)10-15-7-8-25-20(15)29)27-22(31)33-13-23(3,32)16-5-4-6-17(24)11-16/h4-6,11,14-15,18-19,28,32H,7-10,12-13H2,1-3H3,(H,25,29)(H,26,30)(H,27,31)/t15-,18-,19-,23+/m0/s1. The lowest BCUT2D eigenvalue weighted by atomic mass is 9.97. The maximum Gasteiger partial charge on any atom is 0.407 e. The predicted octanol–water partition coefficient (Wildman–Crippen LogP) is 1.69. The Morgan fingerprint density at radius 3 is 2.64 bits per heavy atom. The molecule has 1 aliphatic rings. The molecule has 1 aromatic rings. The smallest absolute Gasteiger partial charge is 0.407 e. The molecule has 9 nitrogen and oxygen atoms in total. The summed E-state index contributed by atoms with van der Waals surface area (Å²) in [6, 6.07) is 5.09. The highest BCUT2D eigenvalue weighted by Crippen LogP contribution is 2.24. The number of amides is 3. The van der Waals surface area contributed by atoms with Crippen LogP contribution in [0.15, 0.2) is 24.3 Å². The fraction of sp³-hybridized carbons (Fsp3) is 0.609. The lowest BCUT2D eigenvalue weighted by Gasteiger charge is -2.26. The molecule has 4 atom stereocenters. The molecule has 1 saturated heterocycles. The lowest BCUT2D eigenvalue weighted by molar-refractivity contribution is -0.126. The van der Waals surface area contributed by atoms with Gasteiger partial charge in [0.05, 0.1) is 12.6 Å². The zero-order chi connectivity index (χ0) is 24.6. The summed E-state index contributed by atoms with van der Waals surface area (Å²) in [5.74, 6) is -0.740. The van der Waals surface area contributed by atoms with E-state index >= 15 is 0 Å². The van der Waals surface area contributed by atoms with E-state index in [1.54, 1.807) is 24.3 Å². The summed E-state index contributed by atoms with van der Waals surface area (Å²) in [5.41, 5.74) is -0.983. The fourth-order valence-corrected chi connectivity index (χ4v) is 3.88. The molecule has 1 heterocycles. The van der Waals surface area contributed by atoms with Crippen molar-refractivity contribution >= 4 is 29.5 Å². The van der Waals surface area contributed by atoms with E-state index in [-0.39, 0.29) is 31.0 Å². The van der Waals surface area contributed by atoms with E-state index in [1.165, 1.54) is 6.92 Å². The van der Waals surface area contributed by atoms with Gasteiger partial charge in [0.25, 0.3) is 0 Å². The number of alkyl carbamates (subject to hydrolysis) is 1. The second kappa shape index (κ2) is 12.2. The molecule has 1 aromatic carbocycles. The van der Waals surface area contributed by atoms with E-state index in [0.29, 0.717) is 36.4 Å². The molecule has 0 aliphatic carbocycles. The van der Waals surface area contributed by atoms with Crippen LogP contribution in [-0.2, 0) is 19.9 Å². The number of ether oxygens (including phenoxy) is 1. The number of carbonyl (C=O) groups is 3. The average Bonchev–Trinajstić information content (AvgIpc) is 3.15. The van der Waals surface area contributed by atoms with Gasteiger partial charge in [0, 0.05) is 17.5 Å². The zero-order valence-electron chi connectivity index (χ0n) is 19.3. The van der Waals surface area contributed by atoms with Crippen molar-refractivity contribution in [3.8, 4) is 0 Å². The molecule has 0 unspecified atom stereocenters. The number of aliphatic hydroxyl groups is 2. The van der Waals surface area contributed by atoms with Gasteiger partial charge in [0.15, 0.2) is 0 Å². The number of rotatable bonds is 11. The Bertz CT molecular complexity index is 832. The van der Waals surface area contributed by atoms with E-state index < -0.39 is 29.7 Å². The minimum atomic E-state index is -1.47. The van der Waals surface area contributed by atoms with Gasteiger partial charge < -0.3 is 30.9 Å². The van der Waals surface area contributed by atoms with Crippen LogP contribution in [0.25, 0.3) is 0 Å². The van der Waals surface area contributed by atoms with Crippen LogP contribution in [0.3, 0.4) is 0 Å². The van der Waals surface area contributed by atoms with Crippen molar-refractivity contribution in [1.29, 1.82) is 0 Å². The van der Waals surface area contributed by atoms with Gasteiger partial charge >= 0.3 is 6.09 Å². The molecule has 33 heavy (non-hydrogen) atoms. The highest BCUT2D eigenvalue weighted by Gasteiger charge is 2.31. The van der Waals surface area contributed by atoms with E-state index in [4.69, 9.17) is 16.3 Å². The molecule has 0 saturated carbocycles. The second-order valence-corrected chi connectivity index (χ2v) is 9.52. The first-order valence-electron chi connectivity index (χ1n) is 11.1. The van der Waals surface area contributed by atoms with Crippen LogP contribution in [0.1, 0.15) is 45.6 Å². The van der Waals surface area contributed by atoms with Crippen molar-refractivity contribution in [2.75, 3.05) is 19.8 Å². The molecular formula is C23H34ClN3O6. The molecule has 0 radical (unpaired) electrons. The van der Waals surface area contributed by atoms with E-state index in [1.807, 2.05) is 13.8 Å². The third kappa shape index (κ3) is 8.49. The number of benzene rings is 1. The van der Waals surface area contributed by atoms with Gasteiger partial charge in [0.2, 0.25) is 11.8 Å². The Labute approximate surface area is 199 Å². The molecule has 0 bridgehead atoms. The Morgan fingerprint density at radius 2 is 2.06 bits per heavy atom. The zero-order valence-corrected chi connectivity index (χ0v) is 20.0. The molecule has 5 N–H and O–H groups in total. The Balaban J connectivity index is 1.95. The Hall–Kier alpha value is -2.36. The van der Waals surface area contributed by atoms with Gasteiger partial charge in [-0.2, -0.15) is 0 Å². The molecule has 184 valence electrons. The summed E-state index contributed by atoms with van der Waals surface area (Å²) >= 11 is 5.96. The fourth-order valence-electron chi connectivity index (χ4n) is 3.69. The third-order valence-electron chi connectivity index (χ3n) is 5.55. The minimum absolute atomic E-state index is 0.0869. The average molecular weight is 484 g/mol. The van der Waals surface area contributed by atoms with Crippen LogP contribution in [0.4, 0.5) is 4.79 Å². The van der Waals surface area contributed by atoms with Crippen molar-refractivity contribution in [1.82, 2.24) is 16.0 Å². The van der Waals surface area contributed by atoms with E-state index in [9.17, 15) is 24.6 Å². The van der Waals surface area contributed by atoms with Gasteiger partial charge in [-0.25, -0.2) is 4.79 Å². The Kier molecular flexibility index (Phi) is 9.94. The number of aliphatic hydroxyl groups excluding tert-OH is 1. The van der Waals surface area contributed by atoms with Gasteiger partial charge in [-0.15, -0.1) is 0 Å². The Morgan fingerprint density at radius 1 is 1.33 bits per heavy atom. The van der Waals surface area contributed by atoms with Crippen molar-refractivity contribution in [3.05, 3.63) is 34.9 Å². The highest BCUT2D eigenvalue weighted by molar-refractivity contribution is 6.30. The lowest BCUT2D eigenvalue weighted by Crippen LogP contribution is -2.52. The summed E-state index contributed by atoms with van der Waals surface area (Å²) in [6.45, 7) is 5.22. The normalized spacial score (nSPS) is 19.4. The van der Waals surface area contributed by atoms with E-state index in [0.717, 1.165) is 0 Å².